The van der Waals surface area contributed by atoms with Crippen LogP contribution in [0.2, 0.25) is 0 Å². The van der Waals surface area contributed by atoms with Crippen LogP contribution in [0.5, 0.6) is 0 Å². The van der Waals surface area contributed by atoms with E-state index in [0.29, 0.717) is 0 Å². The van der Waals surface area contributed by atoms with Crippen LogP contribution in [0, 0.1) is 0 Å². The lowest BCUT2D eigenvalue weighted by Gasteiger charge is -2.04. The SMILES string of the molecule is CCCC(N)c1cscn1. The molecule has 1 aromatic heterocycles. The van der Waals surface area contributed by atoms with E-state index >= 15 is 0 Å². The lowest BCUT2D eigenvalue weighted by Crippen LogP contribution is -2.09. The minimum atomic E-state index is 0.149. The van der Waals surface area contributed by atoms with Crippen molar-refractivity contribution in [2.75, 3.05) is 0 Å². The van der Waals surface area contributed by atoms with Crippen LogP contribution in [0.15, 0.2) is 10.9 Å². The van der Waals surface area contributed by atoms with Crippen LogP contribution in [-0.4, -0.2) is 4.98 Å². The predicted molar refractivity (Wildman–Crippen MR) is 44.0 cm³/mol. The Hall–Kier alpha value is -0.410. The van der Waals surface area contributed by atoms with E-state index in [9.17, 15) is 0 Å². The van der Waals surface area contributed by atoms with Gasteiger partial charge in [0.15, 0.2) is 0 Å². The quantitative estimate of drug-likeness (QED) is 0.726. The molecular formula is C7H12N2S. The Bertz CT molecular complexity index is 172. The van der Waals surface area contributed by atoms with Crippen molar-refractivity contribution in [1.82, 2.24) is 4.98 Å². The van der Waals surface area contributed by atoms with E-state index in [1.165, 1.54) is 0 Å². The summed E-state index contributed by atoms with van der Waals surface area (Å²) in [4.78, 5) is 4.13. The van der Waals surface area contributed by atoms with Gasteiger partial charge in [0.05, 0.1) is 11.2 Å². The third-order valence-corrected chi connectivity index (χ3v) is 2.04. The number of nitrogens with two attached hydrogens (primary N) is 1. The molecular weight excluding hydrogens is 144 g/mol. The van der Waals surface area contributed by atoms with Crippen molar-refractivity contribution in [3.63, 3.8) is 0 Å². The van der Waals surface area contributed by atoms with Crippen LogP contribution >= 0.6 is 11.3 Å². The molecule has 1 rings (SSSR count). The normalized spacial score (nSPS) is 13.4. The Morgan fingerprint density at radius 1 is 1.80 bits per heavy atom. The van der Waals surface area contributed by atoms with Crippen molar-refractivity contribution in [3.05, 3.63) is 16.6 Å². The van der Waals surface area contributed by atoms with Gasteiger partial charge in [-0.2, -0.15) is 0 Å². The number of rotatable bonds is 3. The highest BCUT2D eigenvalue weighted by molar-refractivity contribution is 7.07. The Labute approximate surface area is 65.1 Å². The molecule has 0 radical (unpaired) electrons. The van der Waals surface area contributed by atoms with E-state index < -0.39 is 0 Å². The first-order valence-corrected chi connectivity index (χ1v) is 4.42. The first kappa shape index (κ1) is 7.69. The van der Waals surface area contributed by atoms with Crippen LogP contribution in [0.3, 0.4) is 0 Å². The summed E-state index contributed by atoms with van der Waals surface area (Å²) in [5, 5.41) is 2.01. The molecule has 10 heavy (non-hydrogen) atoms. The summed E-state index contributed by atoms with van der Waals surface area (Å²) in [6.45, 7) is 2.13. The maximum atomic E-state index is 5.79. The molecule has 0 bridgehead atoms. The monoisotopic (exact) mass is 156 g/mol. The molecule has 0 spiro atoms. The molecule has 1 unspecified atom stereocenters. The molecule has 0 aliphatic carbocycles. The first-order chi connectivity index (χ1) is 4.84. The number of hydrogen-bond acceptors (Lipinski definition) is 3. The summed E-state index contributed by atoms with van der Waals surface area (Å²) in [7, 11) is 0. The largest absolute Gasteiger partial charge is 0.323 e. The zero-order chi connectivity index (χ0) is 7.40. The summed E-state index contributed by atoms with van der Waals surface area (Å²) in [6, 6.07) is 0.149. The van der Waals surface area contributed by atoms with Crippen molar-refractivity contribution in [1.29, 1.82) is 0 Å². The van der Waals surface area contributed by atoms with Crippen LogP contribution < -0.4 is 5.73 Å². The van der Waals surface area contributed by atoms with E-state index in [0.717, 1.165) is 18.5 Å². The molecule has 1 heterocycles. The molecule has 0 aliphatic heterocycles. The second-order valence-electron chi connectivity index (χ2n) is 2.31. The number of thiazole rings is 1. The molecule has 0 aliphatic rings. The average molecular weight is 156 g/mol. The van der Waals surface area contributed by atoms with E-state index in [4.69, 9.17) is 5.73 Å². The van der Waals surface area contributed by atoms with Gasteiger partial charge in [0, 0.05) is 11.4 Å². The zero-order valence-corrected chi connectivity index (χ0v) is 6.90. The maximum Gasteiger partial charge on any atom is 0.0795 e. The lowest BCUT2D eigenvalue weighted by atomic mass is 10.1. The molecule has 3 heteroatoms. The van der Waals surface area contributed by atoms with Gasteiger partial charge in [0.2, 0.25) is 0 Å². The van der Waals surface area contributed by atoms with Crippen LogP contribution in [0.25, 0.3) is 0 Å². The standard InChI is InChI=1S/C7H12N2S/c1-2-3-6(8)7-4-10-5-9-7/h4-6H,2-3,8H2,1H3. The Balaban J connectivity index is 2.50. The van der Waals surface area contributed by atoms with Gasteiger partial charge >= 0.3 is 0 Å². The van der Waals surface area contributed by atoms with E-state index in [1.807, 2.05) is 10.9 Å². The molecule has 0 amide bonds. The van der Waals surface area contributed by atoms with Crippen molar-refractivity contribution < 1.29 is 0 Å². The molecule has 0 saturated carbocycles. The van der Waals surface area contributed by atoms with E-state index in [1.54, 1.807) is 11.3 Å². The van der Waals surface area contributed by atoms with Gasteiger partial charge in [-0.1, -0.05) is 13.3 Å². The Morgan fingerprint density at radius 3 is 3.10 bits per heavy atom. The molecule has 1 aromatic rings. The minimum Gasteiger partial charge on any atom is -0.323 e. The molecule has 0 saturated heterocycles. The van der Waals surface area contributed by atoms with Crippen molar-refractivity contribution in [2.45, 2.75) is 25.8 Å². The lowest BCUT2D eigenvalue weighted by molar-refractivity contribution is 0.625. The van der Waals surface area contributed by atoms with Crippen LogP contribution in [0.4, 0.5) is 0 Å². The summed E-state index contributed by atoms with van der Waals surface area (Å²) in [5.74, 6) is 0. The van der Waals surface area contributed by atoms with Gasteiger partial charge in [-0.25, -0.2) is 4.98 Å². The third kappa shape index (κ3) is 1.78. The zero-order valence-electron chi connectivity index (χ0n) is 6.08. The highest BCUT2D eigenvalue weighted by Crippen LogP contribution is 2.14. The summed E-state index contributed by atoms with van der Waals surface area (Å²) >= 11 is 1.60. The number of nitrogens with zero attached hydrogens (tertiary/aromatic N) is 1. The summed E-state index contributed by atoms with van der Waals surface area (Å²) in [5.41, 5.74) is 8.65. The smallest absolute Gasteiger partial charge is 0.0795 e. The average Bonchev–Trinajstić information content (AvgIpc) is 2.38. The molecule has 2 N–H and O–H groups in total. The summed E-state index contributed by atoms with van der Waals surface area (Å²) in [6.07, 6.45) is 2.16. The topological polar surface area (TPSA) is 38.9 Å². The fourth-order valence-electron chi connectivity index (χ4n) is 0.864. The van der Waals surface area contributed by atoms with Crippen LogP contribution in [-0.2, 0) is 0 Å². The highest BCUT2D eigenvalue weighted by Gasteiger charge is 2.04. The van der Waals surface area contributed by atoms with Crippen molar-refractivity contribution in [2.24, 2.45) is 5.73 Å². The highest BCUT2D eigenvalue weighted by atomic mass is 32.1. The van der Waals surface area contributed by atoms with Gasteiger partial charge in [0.25, 0.3) is 0 Å². The van der Waals surface area contributed by atoms with Gasteiger partial charge < -0.3 is 5.73 Å². The van der Waals surface area contributed by atoms with Gasteiger partial charge in [-0.15, -0.1) is 11.3 Å². The predicted octanol–water partition coefficient (Wildman–Crippen LogP) is 1.94. The second kappa shape index (κ2) is 3.68. The second-order valence-corrected chi connectivity index (χ2v) is 3.03. The van der Waals surface area contributed by atoms with Crippen LogP contribution in [0.1, 0.15) is 31.5 Å². The fraction of sp³-hybridized carbons (Fsp3) is 0.571. The van der Waals surface area contributed by atoms with Crippen molar-refractivity contribution >= 4 is 11.3 Å². The van der Waals surface area contributed by atoms with Gasteiger partial charge in [-0.05, 0) is 6.42 Å². The van der Waals surface area contributed by atoms with E-state index in [-0.39, 0.29) is 6.04 Å². The van der Waals surface area contributed by atoms with E-state index in [2.05, 4.69) is 11.9 Å². The number of hydrogen-bond donors (Lipinski definition) is 1. The maximum absolute atomic E-state index is 5.79. The summed E-state index contributed by atoms with van der Waals surface area (Å²) < 4.78 is 0. The Morgan fingerprint density at radius 2 is 2.60 bits per heavy atom. The molecule has 2 nitrogen and oxygen atoms in total. The minimum absolute atomic E-state index is 0.149. The molecule has 0 aromatic carbocycles. The number of aromatic nitrogens is 1. The first-order valence-electron chi connectivity index (χ1n) is 3.48. The molecule has 1 atom stereocenters. The molecule has 0 fully saturated rings. The third-order valence-electron chi connectivity index (χ3n) is 1.43. The fourth-order valence-corrected chi connectivity index (χ4v) is 1.48. The van der Waals surface area contributed by atoms with Gasteiger partial charge in [-0.3, -0.25) is 0 Å². The molecule has 56 valence electrons. The Kier molecular flexibility index (Phi) is 2.83. The van der Waals surface area contributed by atoms with Gasteiger partial charge in [0.1, 0.15) is 0 Å². The van der Waals surface area contributed by atoms with Crippen molar-refractivity contribution in [3.8, 4) is 0 Å².